The molecule has 1 aliphatic heterocycles. The average Bonchev–Trinajstić information content (AvgIpc) is 2.83. The largest absolute Gasteiger partial charge is 0.338 e. The summed E-state index contributed by atoms with van der Waals surface area (Å²) in [6.07, 6.45) is 3.94. The Labute approximate surface area is 189 Å². The third-order valence-corrected chi connectivity index (χ3v) is 6.36. The molecule has 1 amide bonds. The van der Waals surface area contributed by atoms with Gasteiger partial charge in [-0.25, -0.2) is 9.97 Å². The fourth-order valence-corrected chi connectivity index (χ4v) is 4.72. The van der Waals surface area contributed by atoms with E-state index in [2.05, 4.69) is 48.3 Å². The Morgan fingerprint density at radius 1 is 0.969 bits per heavy atom. The summed E-state index contributed by atoms with van der Waals surface area (Å²) in [4.78, 5) is 24.7. The monoisotopic (exact) mass is 421 g/mol. The van der Waals surface area contributed by atoms with E-state index >= 15 is 0 Å². The molecule has 1 saturated heterocycles. The lowest BCUT2D eigenvalue weighted by Gasteiger charge is -2.33. The fourth-order valence-electron chi connectivity index (χ4n) is 4.72. The number of rotatable bonds is 3. The Bertz CT molecular complexity index is 1300. The molecule has 5 rings (SSSR count). The number of amides is 1. The first-order valence-corrected chi connectivity index (χ1v) is 11.3. The molecule has 0 radical (unpaired) electrons. The number of piperidine rings is 1. The molecule has 160 valence electrons. The van der Waals surface area contributed by atoms with Crippen LogP contribution < -0.4 is 0 Å². The molecule has 1 aliphatic rings. The Morgan fingerprint density at radius 3 is 2.66 bits per heavy atom. The maximum Gasteiger partial charge on any atom is 0.253 e. The summed E-state index contributed by atoms with van der Waals surface area (Å²) in [5, 5.41) is 2.25. The second-order valence-electron chi connectivity index (χ2n) is 8.74. The second kappa shape index (κ2) is 8.54. The molecule has 0 bridgehead atoms. The number of carbonyl (C=O) groups excluding carboxylic acids is 1. The Balaban J connectivity index is 1.45. The molecular formula is C28H27N3O. The Kier molecular flexibility index (Phi) is 5.44. The number of carbonyl (C=O) groups is 1. The summed E-state index contributed by atoms with van der Waals surface area (Å²) in [6.45, 7) is 5.50. The molecule has 0 spiro atoms. The van der Waals surface area contributed by atoms with Crippen molar-refractivity contribution in [3.05, 3.63) is 95.6 Å². The van der Waals surface area contributed by atoms with Crippen LogP contribution in [0.2, 0.25) is 0 Å². The molecule has 3 aromatic carbocycles. The summed E-state index contributed by atoms with van der Waals surface area (Å²) < 4.78 is 0. The molecule has 0 saturated carbocycles. The van der Waals surface area contributed by atoms with Crippen LogP contribution in [0.4, 0.5) is 0 Å². The van der Waals surface area contributed by atoms with E-state index in [1.165, 1.54) is 5.56 Å². The minimum absolute atomic E-state index is 0.100. The predicted molar refractivity (Wildman–Crippen MR) is 129 cm³/mol. The molecule has 0 N–H and O–H groups in total. The quantitative estimate of drug-likeness (QED) is 0.412. The highest BCUT2D eigenvalue weighted by atomic mass is 16.2. The molecule has 32 heavy (non-hydrogen) atoms. The summed E-state index contributed by atoms with van der Waals surface area (Å²) in [7, 11) is 0. The second-order valence-corrected chi connectivity index (χ2v) is 8.74. The zero-order valence-electron chi connectivity index (χ0n) is 18.6. The van der Waals surface area contributed by atoms with Crippen LogP contribution in [-0.2, 0) is 0 Å². The Hall–Kier alpha value is -3.53. The van der Waals surface area contributed by atoms with E-state index in [1.54, 1.807) is 0 Å². The molecule has 1 aromatic heterocycles. The van der Waals surface area contributed by atoms with E-state index in [0.717, 1.165) is 58.4 Å². The van der Waals surface area contributed by atoms with Gasteiger partial charge in [-0.05, 0) is 55.2 Å². The van der Waals surface area contributed by atoms with Gasteiger partial charge in [0.2, 0.25) is 0 Å². The number of likely N-dealkylation sites (tertiary alicyclic amines) is 1. The first-order valence-electron chi connectivity index (χ1n) is 11.3. The number of benzene rings is 3. The lowest BCUT2D eigenvalue weighted by atomic mass is 9.89. The Morgan fingerprint density at radius 2 is 1.81 bits per heavy atom. The van der Waals surface area contributed by atoms with Crippen LogP contribution in [0.1, 0.15) is 46.2 Å². The summed E-state index contributed by atoms with van der Waals surface area (Å²) >= 11 is 0. The van der Waals surface area contributed by atoms with E-state index < -0.39 is 0 Å². The molecule has 4 aromatic rings. The highest BCUT2D eigenvalue weighted by Gasteiger charge is 2.28. The van der Waals surface area contributed by atoms with Gasteiger partial charge in [-0.15, -0.1) is 0 Å². The first kappa shape index (κ1) is 20.4. The smallest absolute Gasteiger partial charge is 0.253 e. The van der Waals surface area contributed by atoms with Crippen LogP contribution in [0.25, 0.3) is 21.9 Å². The van der Waals surface area contributed by atoms with E-state index in [1.807, 2.05) is 48.4 Å². The highest BCUT2D eigenvalue weighted by molar-refractivity contribution is 5.98. The van der Waals surface area contributed by atoms with E-state index in [-0.39, 0.29) is 11.8 Å². The summed E-state index contributed by atoms with van der Waals surface area (Å²) in [6, 6.07) is 22.6. The predicted octanol–water partition coefficient (Wildman–Crippen LogP) is 5.93. The maximum atomic E-state index is 13.4. The van der Waals surface area contributed by atoms with Crippen LogP contribution in [-0.4, -0.2) is 33.9 Å². The number of fused-ring (bicyclic) bond motifs is 1. The van der Waals surface area contributed by atoms with Crippen molar-refractivity contribution in [2.24, 2.45) is 0 Å². The van der Waals surface area contributed by atoms with Gasteiger partial charge in [-0.1, -0.05) is 60.2 Å². The van der Waals surface area contributed by atoms with Crippen molar-refractivity contribution in [3.63, 3.8) is 0 Å². The third kappa shape index (κ3) is 4.01. The third-order valence-electron chi connectivity index (χ3n) is 6.36. The van der Waals surface area contributed by atoms with Gasteiger partial charge in [-0.3, -0.25) is 4.79 Å². The van der Waals surface area contributed by atoms with E-state index in [9.17, 15) is 4.79 Å². The van der Waals surface area contributed by atoms with Gasteiger partial charge >= 0.3 is 0 Å². The molecule has 0 unspecified atom stereocenters. The number of aromatic nitrogens is 2. The average molecular weight is 422 g/mol. The highest BCUT2D eigenvalue weighted by Crippen LogP contribution is 2.34. The van der Waals surface area contributed by atoms with Crippen LogP contribution >= 0.6 is 0 Å². The van der Waals surface area contributed by atoms with Crippen molar-refractivity contribution in [2.45, 2.75) is 32.6 Å². The van der Waals surface area contributed by atoms with Gasteiger partial charge < -0.3 is 4.90 Å². The number of nitrogens with zero attached hydrogens (tertiary/aromatic N) is 3. The molecule has 4 nitrogen and oxygen atoms in total. The van der Waals surface area contributed by atoms with E-state index in [0.29, 0.717) is 6.54 Å². The number of hydrogen-bond acceptors (Lipinski definition) is 3. The van der Waals surface area contributed by atoms with Gasteiger partial charge in [0.05, 0.1) is 5.69 Å². The van der Waals surface area contributed by atoms with Gasteiger partial charge in [0.25, 0.3) is 5.91 Å². The van der Waals surface area contributed by atoms with Gasteiger partial charge in [0.15, 0.2) is 0 Å². The minimum atomic E-state index is 0.100. The number of aryl methyl sites for hydroxylation is 2. The first-order chi connectivity index (χ1) is 15.6. The topological polar surface area (TPSA) is 46.1 Å². The molecule has 1 fully saturated rings. The number of hydrogen-bond donors (Lipinski definition) is 0. The van der Waals surface area contributed by atoms with Crippen molar-refractivity contribution >= 4 is 16.7 Å². The van der Waals surface area contributed by atoms with Crippen LogP contribution in [0.5, 0.6) is 0 Å². The standard InChI is InChI=1S/C28H27N3O/c1-19-7-5-10-23(15-19)26-17-29-20(2)30-27(26)25-11-6-14-31(18-25)28(32)24-13-12-21-8-3-4-9-22(21)16-24/h3-5,7-10,12-13,15-17,25H,6,11,14,18H2,1-2H3/t25-/m1/s1. The lowest BCUT2D eigenvalue weighted by molar-refractivity contribution is 0.0706. The summed E-state index contributed by atoms with van der Waals surface area (Å²) in [5.74, 6) is 1.07. The minimum Gasteiger partial charge on any atom is -0.338 e. The van der Waals surface area contributed by atoms with Crippen molar-refractivity contribution in [1.29, 1.82) is 0 Å². The molecule has 2 heterocycles. The fraction of sp³-hybridized carbons (Fsp3) is 0.250. The van der Waals surface area contributed by atoms with Gasteiger partial charge in [0, 0.05) is 36.3 Å². The van der Waals surface area contributed by atoms with Crippen LogP contribution in [0.15, 0.2) is 72.9 Å². The molecule has 4 heteroatoms. The van der Waals surface area contributed by atoms with Crippen molar-refractivity contribution in [3.8, 4) is 11.1 Å². The van der Waals surface area contributed by atoms with Crippen molar-refractivity contribution < 1.29 is 4.79 Å². The van der Waals surface area contributed by atoms with E-state index in [4.69, 9.17) is 4.98 Å². The zero-order valence-corrected chi connectivity index (χ0v) is 18.6. The van der Waals surface area contributed by atoms with Crippen molar-refractivity contribution in [1.82, 2.24) is 14.9 Å². The maximum absolute atomic E-state index is 13.4. The SMILES string of the molecule is Cc1cccc(-c2cnc(C)nc2[C@@H]2CCCN(C(=O)c3ccc4ccccc4c3)C2)c1. The van der Waals surface area contributed by atoms with Gasteiger partial charge in [0.1, 0.15) is 5.82 Å². The normalized spacial score (nSPS) is 16.3. The molecular weight excluding hydrogens is 394 g/mol. The summed E-state index contributed by atoms with van der Waals surface area (Å²) in [5.41, 5.74) is 5.23. The lowest BCUT2D eigenvalue weighted by Crippen LogP contribution is -2.39. The van der Waals surface area contributed by atoms with Gasteiger partial charge in [-0.2, -0.15) is 0 Å². The van der Waals surface area contributed by atoms with Crippen molar-refractivity contribution in [2.75, 3.05) is 13.1 Å². The van der Waals surface area contributed by atoms with Crippen LogP contribution in [0.3, 0.4) is 0 Å². The zero-order chi connectivity index (χ0) is 22.1. The molecule has 1 atom stereocenters. The van der Waals surface area contributed by atoms with Crippen LogP contribution in [0, 0.1) is 13.8 Å². The molecule has 0 aliphatic carbocycles.